The van der Waals surface area contributed by atoms with E-state index in [1.54, 1.807) is 49.2 Å². The van der Waals surface area contributed by atoms with E-state index in [0.717, 1.165) is 31.2 Å². The number of nitrogens with one attached hydrogen (secondary N) is 2. The molecule has 2 N–H and O–H groups in total. The van der Waals surface area contributed by atoms with Gasteiger partial charge in [0.05, 0.1) is 18.1 Å². The number of rotatable bonds is 11. The Balaban J connectivity index is 1.75. The van der Waals surface area contributed by atoms with Gasteiger partial charge in [0, 0.05) is 11.8 Å². The average Bonchev–Trinajstić information content (AvgIpc) is 3.30. The molecule has 1 atom stereocenters. The SMILES string of the molecule is COc1ccc(NC(=O)C(CCSC)NS(=O)(=O)c2ccc(C)cc2)cc1OC1CCCC1. The lowest BCUT2D eigenvalue weighted by atomic mass is 10.2. The van der Waals surface area contributed by atoms with Crippen LogP contribution in [-0.4, -0.2) is 45.6 Å². The van der Waals surface area contributed by atoms with Gasteiger partial charge in [-0.25, -0.2) is 8.42 Å². The Bertz CT molecular complexity index is 1040. The van der Waals surface area contributed by atoms with E-state index >= 15 is 0 Å². The Morgan fingerprint density at radius 1 is 1.12 bits per heavy atom. The van der Waals surface area contributed by atoms with Crippen LogP contribution in [0.25, 0.3) is 0 Å². The van der Waals surface area contributed by atoms with Gasteiger partial charge in [-0.1, -0.05) is 17.7 Å². The molecule has 0 heterocycles. The number of aryl methyl sites for hydroxylation is 1. The topological polar surface area (TPSA) is 93.7 Å². The zero-order chi connectivity index (χ0) is 23.8. The number of sulfonamides is 1. The fourth-order valence-corrected chi connectivity index (χ4v) is 5.42. The van der Waals surface area contributed by atoms with Crippen LogP contribution in [0.3, 0.4) is 0 Å². The largest absolute Gasteiger partial charge is 0.493 e. The van der Waals surface area contributed by atoms with E-state index in [1.807, 2.05) is 13.2 Å². The van der Waals surface area contributed by atoms with Crippen LogP contribution >= 0.6 is 11.8 Å². The van der Waals surface area contributed by atoms with Gasteiger partial charge in [-0.2, -0.15) is 16.5 Å². The van der Waals surface area contributed by atoms with Crippen LogP contribution in [0.5, 0.6) is 11.5 Å². The second kappa shape index (κ2) is 11.8. The molecule has 2 aromatic carbocycles. The zero-order valence-electron chi connectivity index (χ0n) is 19.3. The number of amides is 1. The number of ether oxygens (including phenoxy) is 2. The number of anilines is 1. The van der Waals surface area contributed by atoms with Gasteiger partial charge in [-0.3, -0.25) is 4.79 Å². The number of hydrogen-bond acceptors (Lipinski definition) is 6. The van der Waals surface area contributed by atoms with Crippen LogP contribution in [-0.2, 0) is 14.8 Å². The molecule has 1 aliphatic carbocycles. The minimum atomic E-state index is -3.84. The molecule has 180 valence electrons. The maximum Gasteiger partial charge on any atom is 0.242 e. The molecule has 0 saturated heterocycles. The maximum absolute atomic E-state index is 13.1. The Morgan fingerprint density at radius 3 is 2.45 bits per heavy atom. The lowest BCUT2D eigenvalue weighted by Gasteiger charge is -2.20. The van der Waals surface area contributed by atoms with E-state index in [1.165, 1.54) is 12.1 Å². The third-order valence-electron chi connectivity index (χ3n) is 5.58. The second-order valence-corrected chi connectivity index (χ2v) is 10.8. The molecule has 1 saturated carbocycles. The van der Waals surface area contributed by atoms with E-state index in [0.29, 0.717) is 29.4 Å². The Hall–Kier alpha value is -2.23. The third kappa shape index (κ3) is 7.12. The number of carbonyl (C=O) groups is 1. The van der Waals surface area contributed by atoms with Crippen LogP contribution in [0.1, 0.15) is 37.7 Å². The molecular weight excluding hydrogens is 460 g/mol. The summed E-state index contributed by atoms with van der Waals surface area (Å²) in [6.45, 7) is 1.89. The van der Waals surface area contributed by atoms with E-state index in [4.69, 9.17) is 9.47 Å². The van der Waals surface area contributed by atoms with Crippen molar-refractivity contribution in [3.8, 4) is 11.5 Å². The molecule has 9 heteroatoms. The summed E-state index contributed by atoms with van der Waals surface area (Å²) in [6.07, 6.45) is 6.69. The molecule has 0 aliphatic heterocycles. The second-order valence-electron chi connectivity index (χ2n) is 8.15. The summed E-state index contributed by atoms with van der Waals surface area (Å²) in [5, 5.41) is 2.84. The van der Waals surface area contributed by atoms with Crippen molar-refractivity contribution in [1.29, 1.82) is 0 Å². The van der Waals surface area contributed by atoms with Crippen LogP contribution in [0.15, 0.2) is 47.4 Å². The molecule has 1 amide bonds. The molecule has 1 fully saturated rings. The van der Waals surface area contributed by atoms with E-state index in [2.05, 4.69) is 10.0 Å². The Kier molecular flexibility index (Phi) is 9.05. The zero-order valence-corrected chi connectivity index (χ0v) is 20.9. The normalized spacial score (nSPS) is 15.2. The molecule has 0 aromatic heterocycles. The summed E-state index contributed by atoms with van der Waals surface area (Å²) in [7, 11) is -2.27. The lowest BCUT2D eigenvalue weighted by Crippen LogP contribution is -2.44. The lowest BCUT2D eigenvalue weighted by molar-refractivity contribution is -0.117. The highest BCUT2D eigenvalue weighted by atomic mass is 32.2. The summed E-state index contributed by atoms with van der Waals surface area (Å²) in [6, 6.07) is 10.8. The van der Waals surface area contributed by atoms with Crippen molar-refractivity contribution in [2.24, 2.45) is 0 Å². The molecule has 0 bridgehead atoms. The van der Waals surface area contributed by atoms with Crippen LogP contribution in [0.4, 0.5) is 5.69 Å². The summed E-state index contributed by atoms with van der Waals surface area (Å²) in [5.74, 6) is 1.38. The summed E-state index contributed by atoms with van der Waals surface area (Å²) in [4.78, 5) is 13.2. The van der Waals surface area contributed by atoms with Crippen LogP contribution in [0, 0.1) is 6.92 Å². The average molecular weight is 493 g/mol. The number of hydrogen-bond donors (Lipinski definition) is 2. The van der Waals surface area contributed by atoms with Gasteiger partial charge >= 0.3 is 0 Å². The van der Waals surface area contributed by atoms with Crippen molar-refractivity contribution in [3.63, 3.8) is 0 Å². The minimum Gasteiger partial charge on any atom is -0.493 e. The fraction of sp³-hybridized carbons (Fsp3) is 0.458. The number of carbonyl (C=O) groups excluding carboxylic acids is 1. The molecule has 3 rings (SSSR count). The van der Waals surface area contributed by atoms with Crippen LogP contribution < -0.4 is 19.5 Å². The van der Waals surface area contributed by atoms with E-state index < -0.39 is 22.0 Å². The van der Waals surface area contributed by atoms with E-state index in [9.17, 15) is 13.2 Å². The first kappa shape index (κ1) is 25.4. The van der Waals surface area contributed by atoms with Crippen molar-refractivity contribution in [2.75, 3.05) is 24.4 Å². The standard InChI is InChI=1S/C24H32N2O5S2/c1-17-8-11-20(12-9-17)33(28,29)26-21(14-15-32-3)24(27)25-18-10-13-22(30-2)23(16-18)31-19-6-4-5-7-19/h8-13,16,19,21,26H,4-7,14-15H2,1-3H3,(H,25,27). The molecule has 1 aliphatic rings. The van der Waals surface area contributed by atoms with Crippen molar-refractivity contribution in [3.05, 3.63) is 48.0 Å². The smallest absolute Gasteiger partial charge is 0.242 e. The Labute approximate surface area is 200 Å². The monoisotopic (exact) mass is 492 g/mol. The third-order valence-corrected chi connectivity index (χ3v) is 7.71. The molecule has 2 aromatic rings. The van der Waals surface area contributed by atoms with Gasteiger partial charge in [0.2, 0.25) is 15.9 Å². The summed E-state index contributed by atoms with van der Waals surface area (Å²) >= 11 is 1.55. The molecule has 1 unspecified atom stereocenters. The van der Waals surface area contributed by atoms with Gasteiger partial charge in [0.15, 0.2) is 11.5 Å². The predicted molar refractivity (Wildman–Crippen MR) is 133 cm³/mol. The maximum atomic E-state index is 13.1. The number of thioether (sulfide) groups is 1. The number of benzene rings is 2. The molecule has 7 nitrogen and oxygen atoms in total. The van der Waals surface area contributed by atoms with Gasteiger partial charge in [-0.15, -0.1) is 0 Å². The first-order valence-electron chi connectivity index (χ1n) is 11.1. The van der Waals surface area contributed by atoms with Gasteiger partial charge < -0.3 is 14.8 Å². The van der Waals surface area contributed by atoms with E-state index in [-0.39, 0.29) is 11.0 Å². The quantitative estimate of drug-likeness (QED) is 0.484. The predicted octanol–water partition coefficient (Wildman–Crippen LogP) is 4.36. The molecular formula is C24H32N2O5S2. The number of methoxy groups -OCH3 is 1. The van der Waals surface area contributed by atoms with Crippen molar-refractivity contribution >= 4 is 33.4 Å². The van der Waals surface area contributed by atoms with Gasteiger partial charge in [0.25, 0.3) is 0 Å². The first-order valence-corrected chi connectivity index (χ1v) is 13.9. The van der Waals surface area contributed by atoms with Crippen LogP contribution in [0.2, 0.25) is 0 Å². The van der Waals surface area contributed by atoms with Crippen molar-refractivity contribution < 1.29 is 22.7 Å². The van der Waals surface area contributed by atoms with Crippen molar-refractivity contribution in [1.82, 2.24) is 4.72 Å². The minimum absolute atomic E-state index is 0.131. The summed E-state index contributed by atoms with van der Waals surface area (Å²) in [5.41, 5.74) is 1.48. The molecule has 0 spiro atoms. The first-order chi connectivity index (χ1) is 15.8. The van der Waals surface area contributed by atoms with Gasteiger partial charge in [0.1, 0.15) is 6.04 Å². The highest BCUT2D eigenvalue weighted by Crippen LogP contribution is 2.34. The molecule has 33 heavy (non-hydrogen) atoms. The highest BCUT2D eigenvalue weighted by Gasteiger charge is 2.26. The summed E-state index contributed by atoms with van der Waals surface area (Å²) < 4.78 is 39.8. The van der Waals surface area contributed by atoms with Crippen molar-refractivity contribution in [2.45, 2.75) is 56.1 Å². The van der Waals surface area contributed by atoms with Gasteiger partial charge in [-0.05, 0) is 75.3 Å². The Morgan fingerprint density at radius 2 is 1.82 bits per heavy atom. The highest BCUT2D eigenvalue weighted by molar-refractivity contribution is 7.98. The molecule has 0 radical (unpaired) electrons. The fourth-order valence-electron chi connectivity index (χ4n) is 3.71.